The van der Waals surface area contributed by atoms with Crippen LogP contribution in [0.1, 0.15) is 47.4 Å². The smallest absolute Gasteiger partial charge is 0.271 e. The first-order chi connectivity index (χ1) is 14.1. The zero-order valence-electron chi connectivity index (χ0n) is 17.1. The Morgan fingerprint density at radius 3 is 2.80 bits per heavy atom. The SMILES string of the molecule is Cc1c(-c2ccn(CC(C)NC(=O)c3csc(C(C)(C)O)n3)n2)ccc(C#N)c1Cl. The molecule has 7 nitrogen and oxygen atoms in total. The standard InChI is InChI=1S/C21H22ClN5O2S/c1-12(24-19(28)17-11-30-20(25-17)21(3,4)29)10-27-8-7-16(26-27)15-6-5-14(9-23)18(22)13(15)2/h5-8,11-12,29H,10H2,1-4H3,(H,24,28). The largest absolute Gasteiger partial charge is 0.383 e. The van der Waals surface area contributed by atoms with E-state index in [4.69, 9.17) is 16.9 Å². The number of nitrogens with zero attached hydrogens (tertiary/aromatic N) is 4. The average molecular weight is 444 g/mol. The van der Waals surface area contributed by atoms with Crippen molar-refractivity contribution < 1.29 is 9.90 Å². The lowest BCUT2D eigenvalue weighted by Gasteiger charge is -2.14. The van der Waals surface area contributed by atoms with Gasteiger partial charge in [-0.05, 0) is 45.4 Å². The summed E-state index contributed by atoms with van der Waals surface area (Å²) in [7, 11) is 0. The van der Waals surface area contributed by atoms with Crippen LogP contribution in [0.25, 0.3) is 11.3 Å². The predicted molar refractivity (Wildman–Crippen MR) is 116 cm³/mol. The van der Waals surface area contributed by atoms with E-state index in [9.17, 15) is 9.90 Å². The van der Waals surface area contributed by atoms with Gasteiger partial charge in [-0.15, -0.1) is 11.3 Å². The van der Waals surface area contributed by atoms with Crippen LogP contribution in [0.4, 0.5) is 0 Å². The van der Waals surface area contributed by atoms with Crippen molar-refractivity contribution in [2.24, 2.45) is 0 Å². The number of hydrogen-bond acceptors (Lipinski definition) is 6. The molecule has 0 aliphatic rings. The number of benzene rings is 1. The monoisotopic (exact) mass is 443 g/mol. The molecule has 3 aromatic rings. The third kappa shape index (κ3) is 4.70. The van der Waals surface area contributed by atoms with Gasteiger partial charge < -0.3 is 10.4 Å². The van der Waals surface area contributed by atoms with Crippen molar-refractivity contribution in [2.45, 2.75) is 45.9 Å². The number of amides is 1. The van der Waals surface area contributed by atoms with E-state index in [-0.39, 0.29) is 17.6 Å². The quantitative estimate of drug-likeness (QED) is 0.601. The maximum Gasteiger partial charge on any atom is 0.271 e. The van der Waals surface area contributed by atoms with Crippen LogP contribution < -0.4 is 5.32 Å². The van der Waals surface area contributed by atoms with Crippen molar-refractivity contribution in [3.05, 3.63) is 56.6 Å². The van der Waals surface area contributed by atoms with Crippen molar-refractivity contribution >= 4 is 28.8 Å². The summed E-state index contributed by atoms with van der Waals surface area (Å²) in [6.45, 7) is 7.47. The summed E-state index contributed by atoms with van der Waals surface area (Å²) in [5, 5.41) is 29.1. The predicted octanol–water partition coefficient (Wildman–Crippen LogP) is 3.89. The average Bonchev–Trinajstić information content (AvgIpc) is 3.33. The molecule has 0 saturated heterocycles. The van der Waals surface area contributed by atoms with Gasteiger partial charge in [0.2, 0.25) is 0 Å². The fraction of sp³-hybridized carbons (Fsp3) is 0.333. The van der Waals surface area contributed by atoms with Crippen molar-refractivity contribution in [2.75, 3.05) is 0 Å². The molecule has 2 aromatic heterocycles. The van der Waals surface area contributed by atoms with Crippen LogP contribution in [0.15, 0.2) is 29.8 Å². The Balaban J connectivity index is 1.67. The van der Waals surface area contributed by atoms with E-state index < -0.39 is 5.60 Å². The first kappa shape index (κ1) is 22.0. The number of thiazole rings is 1. The van der Waals surface area contributed by atoms with Crippen LogP contribution >= 0.6 is 22.9 Å². The lowest BCUT2D eigenvalue weighted by molar-refractivity contribution is 0.0778. The summed E-state index contributed by atoms with van der Waals surface area (Å²) in [4.78, 5) is 16.7. The van der Waals surface area contributed by atoms with Gasteiger partial charge >= 0.3 is 0 Å². The second kappa shape index (κ2) is 8.56. The Labute approximate surface area is 183 Å². The molecule has 2 N–H and O–H groups in total. The topological polar surface area (TPSA) is 104 Å². The number of nitrogens with one attached hydrogen (secondary N) is 1. The summed E-state index contributed by atoms with van der Waals surface area (Å²) in [5.74, 6) is -0.295. The third-order valence-electron chi connectivity index (χ3n) is 4.52. The third-order valence-corrected chi connectivity index (χ3v) is 6.16. The number of halogens is 1. The van der Waals surface area contributed by atoms with Crippen molar-refractivity contribution in [1.29, 1.82) is 5.26 Å². The minimum Gasteiger partial charge on any atom is -0.383 e. The summed E-state index contributed by atoms with van der Waals surface area (Å²) in [6.07, 6.45) is 1.83. The molecule has 0 spiro atoms. The maximum atomic E-state index is 12.4. The highest BCUT2D eigenvalue weighted by Gasteiger charge is 2.23. The van der Waals surface area contributed by atoms with Gasteiger partial charge in [-0.25, -0.2) is 4.98 Å². The van der Waals surface area contributed by atoms with Gasteiger partial charge in [0.05, 0.1) is 22.8 Å². The molecule has 156 valence electrons. The molecule has 2 heterocycles. The Bertz CT molecular complexity index is 1120. The molecule has 1 atom stereocenters. The van der Waals surface area contributed by atoms with Gasteiger partial charge in [-0.3, -0.25) is 9.48 Å². The second-order valence-electron chi connectivity index (χ2n) is 7.61. The number of aromatic nitrogens is 3. The lowest BCUT2D eigenvalue weighted by Crippen LogP contribution is -2.36. The van der Waals surface area contributed by atoms with E-state index in [1.807, 2.05) is 32.2 Å². The molecular weight excluding hydrogens is 422 g/mol. The van der Waals surface area contributed by atoms with Gasteiger partial charge in [0.15, 0.2) is 0 Å². The summed E-state index contributed by atoms with van der Waals surface area (Å²) < 4.78 is 1.75. The Morgan fingerprint density at radius 2 is 2.17 bits per heavy atom. The van der Waals surface area contributed by atoms with Crippen LogP contribution in [0.3, 0.4) is 0 Å². The van der Waals surface area contributed by atoms with Crippen LogP contribution in [0, 0.1) is 18.3 Å². The highest BCUT2D eigenvalue weighted by molar-refractivity contribution is 7.10. The number of hydrogen-bond donors (Lipinski definition) is 2. The molecule has 0 fully saturated rings. The van der Waals surface area contributed by atoms with Gasteiger partial charge in [-0.1, -0.05) is 17.7 Å². The van der Waals surface area contributed by atoms with E-state index in [1.54, 1.807) is 30.0 Å². The molecule has 3 rings (SSSR count). The normalized spacial score (nSPS) is 12.4. The molecule has 9 heteroatoms. The molecule has 1 amide bonds. The molecule has 0 saturated carbocycles. The van der Waals surface area contributed by atoms with E-state index in [0.29, 0.717) is 22.1 Å². The van der Waals surface area contributed by atoms with Gasteiger partial charge in [-0.2, -0.15) is 10.4 Å². The fourth-order valence-electron chi connectivity index (χ4n) is 2.94. The van der Waals surface area contributed by atoms with E-state index in [1.165, 1.54) is 11.3 Å². The van der Waals surface area contributed by atoms with Crippen LogP contribution in [-0.4, -0.2) is 31.8 Å². The van der Waals surface area contributed by atoms with Gasteiger partial charge in [0, 0.05) is 23.2 Å². The minimum atomic E-state index is -1.08. The van der Waals surface area contributed by atoms with Crippen LogP contribution in [0.2, 0.25) is 5.02 Å². The van der Waals surface area contributed by atoms with Crippen LogP contribution in [0.5, 0.6) is 0 Å². The number of nitriles is 1. The molecule has 1 unspecified atom stereocenters. The number of aliphatic hydroxyl groups is 1. The van der Waals surface area contributed by atoms with Gasteiger partial charge in [0.25, 0.3) is 5.91 Å². The first-order valence-electron chi connectivity index (χ1n) is 9.32. The highest BCUT2D eigenvalue weighted by Crippen LogP contribution is 2.30. The van der Waals surface area contributed by atoms with Crippen molar-refractivity contribution in [3.63, 3.8) is 0 Å². The van der Waals surface area contributed by atoms with Crippen molar-refractivity contribution in [1.82, 2.24) is 20.1 Å². The van der Waals surface area contributed by atoms with Gasteiger partial charge in [0.1, 0.15) is 22.4 Å². The summed E-state index contributed by atoms with van der Waals surface area (Å²) in [6, 6.07) is 7.27. The number of rotatable bonds is 6. The molecule has 0 bridgehead atoms. The zero-order valence-corrected chi connectivity index (χ0v) is 18.7. The molecule has 1 aromatic carbocycles. The molecular formula is C21H22ClN5O2S. The van der Waals surface area contributed by atoms with E-state index in [2.05, 4.69) is 21.5 Å². The molecule has 0 radical (unpaired) electrons. The van der Waals surface area contributed by atoms with E-state index in [0.717, 1.165) is 16.8 Å². The molecule has 30 heavy (non-hydrogen) atoms. The summed E-state index contributed by atoms with van der Waals surface area (Å²) >= 11 is 7.51. The second-order valence-corrected chi connectivity index (χ2v) is 8.84. The summed E-state index contributed by atoms with van der Waals surface area (Å²) in [5.41, 5.74) is 2.04. The van der Waals surface area contributed by atoms with E-state index >= 15 is 0 Å². The van der Waals surface area contributed by atoms with Crippen LogP contribution in [-0.2, 0) is 12.1 Å². The zero-order chi connectivity index (χ0) is 22.1. The lowest BCUT2D eigenvalue weighted by atomic mass is 10.0. The van der Waals surface area contributed by atoms with Crippen molar-refractivity contribution in [3.8, 4) is 17.3 Å². The number of carbonyl (C=O) groups excluding carboxylic acids is 1. The Hall–Kier alpha value is -2.73. The fourth-order valence-corrected chi connectivity index (χ4v) is 3.97. The maximum absolute atomic E-state index is 12.4. The minimum absolute atomic E-state index is 0.191. The molecule has 0 aliphatic heterocycles. The highest BCUT2D eigenvalue weighted by atomic mass is 35.5. The Morgan fingerprint density at radius 1 is 1.43 bits per heavy atom. The molecule has 0 aliphatic carbocycles. The Kier molecular flexibility index (Phi) is 6.27. The number of carbonyl (C=O) groups is 1. The first-order valence-corrected chi connectivity index (χ1v) is 10.6.